The minimum absolute atomic E-state index is 0.218. The Labute approximate surface area is 122 Å². The molecule has 0 saturated carbocycles. The molecule has 0 saturated heterocycles. The van der Waals surface area contributed by atoms with Gasteiger partial charge >= 0.3 is 0 Å². The minimum atomic E-state index is 0.218. The Morgan fingerprint density at radius 1 is 1.05 bits per heavy atom. The van der Waals surface area contributed by atoms with E-state index in [1.165, 1.54) is 0 Å². The monoisotopic (exact) mass is 283 g/mol. The van der Waals surface area contributed by atoms with Gasteiger partial charge in [-0.15, -0.1) is 0 Å². The lowest BCUT2D eigenvalue weighted by atomic mass is 10.2. The van der Waals surface area contributed by atoms with Crippen molar-refractivity contribution in [3.05, 3.63) is 54.2 Å². The van der Waals surface area contributed by atoms with E-state index in [0.717, 1.165) is 23.1 Å². The summed E-state index contributed by atoms with van der Waals surface area (Å²) >= 11 is 0. The quantitative estimate of drug-likeness (QED) is 0.768. The van der Waals surface area contributed by atoms with Gasteiger partial charge in [0.15, 0.2) is 0 Å². The summed E-state index contributed by atoms with van der Waals surface area (Å²) < 4.78 is 7.79. The molecule has 0 unspecified atom stereocenters. The van der Waals surface area contributed by atoms with E-state index in [-0.39, 0.29) is 11.5 Å². The van der Waals surface area contributed by atoms with E-state index in [1.54, 1.807) is 30.3 Å². The highest BCUT2D eigenvalue weighted by atomic mass is 16.5. The van der Waals surface area contributed by atoms with E-state index in [2.05, 4.69) is 0 Å². The predicted molar refractivity (Wildman–Crippen MR) is 81.7 cm³/mol. The van der Waals surface area contributed by atoms with Gasteiger partial charge in [0.05, 0.1) is 11.2 Å². The van der Waals surface area contributed by atoms with Crippen molar-refractivity contribution in [2.75, 3.05) is 0 Å². The number of hydrogen-bond donors (Lipinski definition) is 2. The molecule has 0 atom stereocenters. The first kappa shape index (κ1) is 13.4. The van der Waals surface area contributed by atoms with Gasteiger partial charge in [0, 0.05) is 11.9 Å². The van der Waals surface area contributed by atoms with Crippen molar-refractivity contribution in [2.24, 2.45) is 0 Å². The fourth-order valence-electron chi connectivity index (χ4n) is 2.54. The Morgan fingerprint density at radius 2 is 1.81 bits per heavy atom. The van der Waals surface area contributed by atoms with Crippen LogP contribution in [0.1, 0.15) is 12.6 Å². The summed E-state index contributed by atoms with van der Waals surface area (Å²) in [6.07, 6.45) is 0. The van der Waals surface area contributed by atoms with Gasteiger partial charge in [-0.05, 0) is 43.3 Å². The van der Waals surface area contributed by atoms with Crippen molar-refractivity contribution < 1.29 is 14.9 Å². The first-order valence-electron chi connectivity index (χ1n) is 6.91. The highest BCUT2D eigenvalue weighted by Gasteiger charge is 2.11. The van der Waals surface area contributed by atoms with Gasteiger partial charge in [0.25, 0.3) is 0 Å². The number of aromatic nitrogens is 1. The summed E-state index contributed by atoms with van der Waals surface area (Å²) in [5.74, 6) is 1.20. The van der Waals surface area contributed by atoms with Crippen molar-refractivity contribution >= 4 is 10.9 Å². The van der Waals surface area contributed by atoms with Gasteiger partial charge in [0.1, 0.15) is 23.9 Å². The summed E-state index contributed by atoms with van der Waals surface area (Å²) in [5, 5.41) is 20.3. The highest BCUT2D eigenvalue weighted by molar-refractivity contribution is 5.86. The average molecular weight is 283 g/mol. The first-order valence-corrected chi connectivity index (χ1v) is 6.91. The Balaban J connectivity index is 1.90. The van der Waals surface area contributed by atoms with Crippen LogP contribution in [0.4, 0.5) is 0 Å². The Morgan fingerprint density at radius 3 is 2.52 bits per heavy atom. The maximum absolute atomic E-state index is 10.0. The molecular formula is C17H17NO3. The van der Waals surface area contributed by atoms with Crippen molar-refractivity contribution in [1.29, 1.82) is 0 Å². The number of phenols is 2. The summed E-state index contributed by atoms with van der Waals surface area (Å²) in [4.78, 5) is 0. The first-order chi connectivity index (χ1) is 10.2. The number of aryl methyl sites for hydroxylation is 1. The zero-order valence-corrected chi connectivity index (χ0v) is 11.8. The molecule has 3 aromatic rings. The van der Waals surface area contributed by atoms with Crippen molar-refractivity contribution in [1.82, 2.24) is 4.57 Å². The van der Waals surface area contributed by atoms with E-state index in [4.69, 9.17) is 4.74 Å². The summed E-state index contributed by atoms with van der Waals surface area (Å²) in [6.45, 7) is 3.21. The van der Waals surface area contributed by atoms with Crippen LogP contribution in [-0.2, 0) is 13.2 Å². The molecule has 0 bridgehead atoms. The molecule has 4 heteroatoms. The second kappa shape index (κ2) is 5.40. The maximum Gasteiger partial charge on any atom is 0.139 e. The predicted octanol–water partition coefficient (Wildman–Crippen LogP) is 3.65. The van der Waals surface area contributed by atoms with Gasteiger partial charge in [0.2, 0.25) is 0 Å². The number of aromatic hydroxyl groups is 2. The molecule has 0 fully saturated rings. The Bertz CT molecular complexity index is 760. The molecule has 2 aromatic carbocycles. The summed E-state index contributed by atoms with van der Waals surface area (Å²) in [5.41, 5.74) is 1.84. The van der Waals surface area contributed by atoms with Crippen LogP contribution in [0.15, 0.2) is 48.5 Å². The van der Waals surface area contributed by atoms with Crippen LogP contribution in [0.3, 0.4) is 0 Å². The molecule has 0 spiro atoms. The lowest BCUT2D eigenvalue weighted by molar-refractivity contribution is 0.295. The normalized spacial score (nSPS) is 10.9. The van der Waals surface area contributed by atoms with Crippen LogP contribution in [0, 0.1) is 0 Å². The standard InChI is InChI=1S/C17H17NO3/c1-2-18-13(10-12-4-3-5-16(20)17(12)18)11-21-15-8-6-14(19)7-9-15/h3-10,19-20H,2,11H2,1H3. The molecule has 0 radical (unpaired) electrons. The van der Waals surface area contributed by atoms with Crippen LogP contribution < -0.4 is 4.74 Å². The molecule has 0 aliphatic heterocycles. The number of fused-ring (bicyclic) bond motifs is 1. The van der Waals surface area contributed by atoms with Gasteiger partial charge < -0.3 is 19.5 Å². The summed E-state index contributed by atoms with van der Waals surface area (Å²) in [6, 6.07) is 14.2. The van der Waals surface area contributed by atoms with Gasteiger partial charge in [-0.25, -0.2) is 0 Å². The van der Waals surface area contributed by atoms with Crippen molar-refractivity contribution in [2.45, 2.75) is 20.1 Å². The molecule has 2 N–H and O–H groups in total. The Hall–Kier alpha value is -2.62. The molecule has 108 valence electrons. The van der Waals surface area contributed by atoms with Gasteiger partial charge in [-0.1, -0.05) is 12.1 Å². The third kappa shape index (κ3) is 2.52. The van der Waals surface area contributed by atoms with E-state index in [9.17, 15) is 10.2 Å². The maximum atomic E-state index is 10.0. The molecular weight excluding hydrogens is 266 g/mol. The van der Waals surface area contributed by atoms with Crippen LogP contribution in [0.25, 0.3) is 10.9 Å². The number of rotatable bonds is 4. The number of phenolic OH excluding ortho intramolecular Hbond substituents is 2. The number of para-hydroxylation sites is 1. The van der Waals surface area contributed by atoms with Crippen molar-refractivity contribution in [3.63, 3.8) is 0 Å². The third-order valence-corrected chi connectivity index (χ3v) is 3.52. The molecule has 3 rings (SSSR count). The molecule has 0 amide bonds. The minimum Gasteiger partial charge on any atom is -0.508 e. The Kier molecular flexibility index (Phi) is 3.44. The molecule has 21 heavy (non-hydrogen) atoms. The zero-order valence-electron chi connectivity index (χ0n) is 11.8. The fraction of sp³-hybridized carbons (Fsp3) is 0.176. The molecule has 0 aliphatic carbocycles. The largest absolute Gasteiger partial charge is 0.508 e. The fourth-order valence-corrected chi connectivity index (χ4v) is 2.54. The van der Waals surface area contributed by atoms with Crippen LogP contribution in [0.2, 0.25) is 0 Å². The topological polar surface area (TPSA) is 54.6 Å². The van der Waals surface area contributed by atoms with Gasteiger partial charge in [-0.2, -0.15) is 0 Å². The van der Waals surface area contributed by atoms with E-state index in [1.807, 2.05) is 29.7 Å². The second-order valence-corrected chi connectivity index (χ2v) is 4.88. The lowest BCUT2D eigenvalue weighted by Gasteiger charge is -2.10. The third-order valence-electron chi connectivity index (χ3n) is 3.52. The van der Waals surface area contributed by atoms with Crippen LogP contribution >= 0.6 is 0 Å². The van der Waals surface area contributed by atoms with Crippen molar-refractivity contribution in [3.8, 4) is 17.2 Å². The van der Waals surface area contributed by atoms with Gasteiger partial charge in [-0.3, -0.25) is 0 Å². The summed E-state index contributed by atoms with van der Waals surface area (Å²) in [7, 11) is 0. The SMILES string of the molecule is CCn1c(COc2ccc(O)cc2)cc2cccc(O)c21. The molecule has 1 aromatic heterocycles. The molecule has 4 nitrogen and oxygen atoms in total. The van der Waals surface area contributed by atoms with Crippen LogP contribution in [0.5, 0.6) is 17.2 Å². The average Bonchev–Trinajstić information content (AvgIpc) is 2.85. The number of nitrogens with zero attached hydrogens (tertiary/aromatic N) is 1. The van der Waals surface area contributed by atoms with E-state index >= 15 is 0 Å². The lowest BCUT2D eigenvalue weighted by Crippen LogP contribution is -2.04. The molecule has 1 heterocycles. The second-order valence-electron chi connectivity index (χ2n) is 4.88. The smallest absolute Gasteiger partial charge is 0.139 e. The van der Waals surface area contributed by atoms with E-state index < -0.39 is 0 Å². The molecule has 0 aliphatic rings. The van der Waals surface area contributed by atoms with Crippen LogP contribution in [-0.4, -0.2) is 14.8 Å². The van der Waals surface area contributed by atoms with E-state index in [0.29, 0.717) is 12.4 Å². The zero-order chi connectivity index (χ0) is 14.8. The number of hydrogen-bond acceptors (Lipinski definition) is 3. The number of benzene rings is 2. The number of ether oxygens (including phenoxy) is 1. The highest BCUT2D eigenvalue weighted by Crippen LogP contribution is 2.28.